The topological polar surface area (TPSA) is 75.6 Å². The van der Waals surface area contributed by atoms with Crippen LogP contribution >= 0.6 is 0 Å². The Bertz CT molecular complexity index is 457. The van der Waals surface area contributed by atoms with Crippen LogP contribution < -0.4 is 10.1 Å². The van der Waals surface area contributed by atoms with Gasteiger partial charge in [-0.05, 0) is 18.1 Å². The molecule has 0 unspecified atom stereocenters. The molecule has 0 spiro atoms. The number of para-hydroxylation sites is 1. The summed E-state index contributed by atoms with van der Waals surface area (Å²) in [6, 6.07) is 7.52. The van der Waals surface area contributed by atoms with E-state index in [1.807, 2.05) is 24.3 Å². The van der Waals surface area contributed by atoms with Crippen LogP contribution in [-0.2, 0) is 16.0 Å². The smallest absolute Gasteiger partial charge is 0.322 e. The third kappa shape index (κ3) is 5.72. The van der Waals surface area contributed by atoms with E-state index in [9.17, 15) is 9.59 Å². The summed E-state index contributed by atoms with van der Waals surface area (Å²) in [6.45, 7) is 3.51. The molecule has 1 rings (SSSR count). The number of carbonyl (C=O) groups excluding carboxylic acids is 1. The number of hydrogen-bond donors (Lipinski definition) is 2. The van der Waals surface area contributed by atoms with E-state index in [1.54, 1.807) is 6.08 Å². The highest BCUT2D eigenvalue weighted by atomic mass is 16.5. The minimum Gasteiger partial charge on any atom is -0.493 e. The molecule has 1 amide bonds. The van der Waals surface area contributed by atoms with Crippen molar-refractivity contribution >= 4 is 11.9 Å². The first kappa shape index (κ1) is 14.8. The lowest BCUT2D eigenvalue weighted by Crippen LogP contribution is -2.30. The summed E-state index contributed by atoms with van der Waals surface area (Å²) in [5.74, 6) is -0.692. The number of carboxylic acid groups (broad SMARTS) is 1. The van der Waals surface area contributed by atoms with Gasteiger partial charge in [0.1, 0.15) is 12.3 Å². The summed E-state index contributed by atoms with van der Waals surface area (Å²) in [4.78, 5) is 21.5. The van der Waals surface area contributed by atoms with Gasteiger partial charge in [-0.1, -0.05) is 24.3 Å². The number of ether oxygens (including phenoxy) is 1. The Hall–Kier alpha value is -2.30. The molecule has 102 valence electrons. The summed E-state index contributed by atoms with van der Waals surface area (Å²) in [5, 5.41) is 10.7. The van der Waals surface area contributed by atoms with Crippen molar-refractivity contribution in [1.29, 1.82) is 0 Å². The van der Waals surface area contributed by atoms with Crippen molar-refractivity contribution in [3.8, 4) is 5.75 Å². The fourth-order valence-corrected chi connectivity index (χ4v) is 1.49. The van der Waals surface area contributed by atoms with E-state index in [0.29, 0.717) is 12.2 Å². The summed E-state index contributed by atoms with van der Waals surface area (Å²) in [6.07, 6.45) is 2.60. The van der Waals surface area contributed by atoms with E-state index in [2.05, 4.69) is 11.9 Å². The average Bonchev–Trinajstić information content (AvgIpc) is 2.39. The van der Waals surface area contributed by atoms with Crippen LogP contribution in [0.25, 0.3) is 0 Å². The van der Waals surface area contributed by atoms with Crippen LogP contribution in [-0.4, -0.2) is 30.1 Å². The summed E-state index contributed by atoms with van der Waals surface area (Å²) < 4.78 is 5.51. The summed E-state index contributed by atoms with van der Waals surface area (Å²) in [5.41, 5.74) is 1.00. The lowest BCUT2D eigenvalue weighted by atomic mass is 10.1. The number of hydrogen-bond acceptors (Lipinski definition) is 3. The van der Waals surface area contributed by atoms with Crippen LogP contribution in [0.1, 0.15) is 12.0 Å². The maximum Gasteiger partial charge on any atom is 0.322 e. The zero-order chi connectivity index (χ0) is 14.1. The van der Waals surface area contributed by atoms with Crippen LogP contribution in [0.15, 0.2) is 36.9 Å². The maximum atomic E-state index is 11.3. The normalized spacial score (nSPS) is 9.68. The van der Waals surface area contributed by atoms with Gasteiger partial charge in [-0.25, -0.2) is 0 Å². The van der Waals surface area contributed by atoms with Gasteiger partial charge in [-0.3, -0.25) is 9.59 Å². The fourth-order valence-electron chi connectivity index (χ4n) is 1.49. The van der Waals surface area contributed by atoms with Crippen LogP contribution in [0.3, 0.4) is 0 Å². The molecule has 0 aliphatic heterocycles. The Labute approximate surface area is 111 Å². The second-order valence-electron chi connectivity index (χ2n) is 3.87. The Morgan fingerprint density at radius 1 is 1.37 bits per heavy atom. The van der Waals surface area contributed by atoms with Crippen LogP contribution in [0, 0.1) is 0 Å². The van der Waals surface area contributed by atoms with Crippen molar-refractivity contribution in [2.45, 2.75) is 12.8 Å². The molecule has 0 aliphatic carbocycles. The minimum atomic E-state index is -1.06. The number of amides is 1. The van der Waals surface area contributed by atoms with E-state index < -0.39 is 5.97 Å². The van der Waals surface area contributed by atoms with E-state index in [0.717, 1.165) is 5.56 Å². The van der Waals surface area contributed by atoms with E-state index in [4.69, 9.17) is 9.84 Å². The molecule has 0 fully saturated rings. The predicted molar refractivity (Wildman–Crippen MR) is 71.1 cm³/mol. The van der Waals surface area contributed by atoms with Gasteiger partial charge in [0, 0.05) is 0 Å². The van der Waals surface area contributed by atoms with Gasteiger partial charge >= 0.3 is 5.97 Å². The number of benzene rings is 1. The molecule has 1 aromatic rings. The number of nitrogens with one attached hydrogen (secondary N) is 1. The SMILES string of the molecule is C=CCc1ccccc1OCCC(=O)NCC(=O)O. The zero-order valence-electron chi connectivity index (χ0n) is 10.6. The largest absolute Gasteiger partial charge is 0.493 e. The highest BCUT2D eigenvalue weighted by Gasteiger charge is 2.05. The Kier molecular flexibility index (Phi) is 6.15. The Balaban J connectivity index is 2.38. The van der Waals surface area contributed by atoms with Crippen molar-refractivity contribution in [1.82, 2.24) is 5.32 Å². The molecular weight excluding hydrogens is 246 g/mol. The molecule has 0 aliphatic rings. The molecule has 0 saturated carbocycles. The summed E-state index contributed by atoms with van der Waals surface area (Å²) >= 11 is 0. The quantitative estimate of drug-likeness (QED) is 0.695. The van der Waals surface area contributed by atoms with Crippen LogP contribution in [0.2, 0.25) is 0 Å². The molecule has 19 heavy (non-hydrogen) atoms. The predicted octanol–water partition coefficient (Wildman–Crippen LogP) is 1.38. The number of carbonyl (C=O) groups is 2. The number of aliphatic carboxylic acids is 1. The van der Waals surface area contributed by atoms with Crippen LogP contribution in [0.4, 0.5) is 0 Å². The first-order valence-corrected chi connectivity index (χ1v) is 5.93. The lowest BCUT2D eigenvalue weighted by molar-refractivity contribution is -0.138. The van der Waals surface area contributed by atoms with Gasteiger partial charge in [0.05, 0.1) is 13.0 Å². The molecule has 0 heterocycles. The average molecular weight is 263 g/mol. The second kappa shape index (κ2) is 7.92. The third-order valence-electron chi connectivity index (χ3n) is 2.36. The first-order chi connectivity index (χ1) is 9.13. The van der Waals surface area contributed by atoms with Gasteiger partial charge in [-0.15, -0.1) is 6.58 Å². The molecular formula is C14H17NO4. The highest BCUT2D eigenvalue weighted by molar-refractivity contribution is 5.81. The fraction of sp³-hybridized carbons (Fsp3) is 0.286. The van der Waals surface area contributed by atoms with Gasteiger partial charge < -0.3 is 15.2 Å². The molecule has 0 radical (unpaired) electrons. The molecule has 5 heteroatoms. The lowest BCUT2D eigenvalue weighted by Gasteiger charge is -2.10. The second-order valence-corrected chi connectivity index (χ2v) is 3.87. The summed E-state index contributed by atoms with van der Waals surface area (Å²) in [7, 11) is 0. The molecule has 0 aromatic heterocycles. The van der Waals surface area contributed by atoms with Gasteiger partial charge in [-0.2, -0.15) is 0 Å². The van der Waals surface area contributed by atoms with Gasteiger partial charge in [0.15, 0.2) is 0 Å². The van der Waals surface area contributed by atoms with Crippen molar-refractivity contribution in [2.75, 3.05) is 13.2 Å². The molecule has 0 atom stereocenters. The van der Waals surface area contributed by atoms with Crippen LogP contribution in [0.5, 0.6) is 5.75 Å². The Morgan fingerprint density at radius 3 is 2.79 bits per heavy atom. The minimum absolute atomic E-state index is 0.121. The molecule has 0 saturated heterocycles. The standard InChI is InChI=1S/C14H17NO4/c1-2-5-11-6-3-4-7-12(11)19-9-8-13(16)15-10-14(17)18/h2-4,6-7H,1,5,8-10H2,(H,15,16)(H,17,18). The number of allylic oxidation sites excluding steroid dienone is 1. The highest BCUT2D eigenvalue weighted by Crippen LogP contribution is 2.18. The molecule has 2 N–H and O–H groups in total. The monoisotopic (exact) mass is 263 g/mol. The van der Waals surface area contributed by atoms with E-state index in [-0.39, 0.29) is 25.5 Å². The molecule has 0 bridgehead atoms. The van der Waals surface area contributed by atoms with E-state index >= 15 is 0 Å². The maximum absolute atomic E-state index is 11.3. The third-order valence-corrected chi connectivity index (χ3v) is 2.36. The molecule has 5 nitrogen and oxygen atoms in total. The number of carboxylic acids is 1. The van der Waals surface area contributed by atoms with Gasteiger partial charge in [0.2, 0.25) is 5.91 Å². The van der Waals surface area contributed by atoms with Gasteiger partial charge in [0.25, 0.3) is 0 Å². The zero-order valence-corrected chi connectivity index (χ0v) is 10.6. The molecule has 1 aromatic carbocycles. The van der Waals surface area contributed by atoms with E-state index in [1.165, 1.54) is 0 Å². The van der Waals surface area contributed by atoms with Crippen molar-refractivity contribution in [3.63, 3.8) is 0 Å². The first-order valence-electron chi connectivity index (χ1n) is 5.93. The number of rotatable bonds is 8. The van der Waals surface area contributed by atoms with Crippen molar-refractivity contribution in [2.24, 2.45) is 0 Å². The Morgan fingerprint density at radius 2 is 2.11 bits per heavy atom. The van der Waals surface area contributed by atoms with Crippen molar-refractivity contribution in [3.05, 3.63) is 42.5 Å². The van der Waals surface area contributed by atoms with Crippen molar-refractivity contribution < 1.29 is 19.4 Å².